The lowest BCUT2D eigenvalue weighted by molar-refractivity contribution is 0.838. The summed E-state index contributed by atoms with van der Waals surface area (Å²) in [5, 5.41) is 9.98. The summed E-state index contributed by atoms with van der Waals surface area (Å²) in [5.41, 5.74) is 15.3. The summed E-state index contributed by atoms with van der Waals surface area (Å²) in [6, 6.07) is 25.5. The Kier molecular flexibility index (Phi) is 10.4. The average Bonchev–Trinajstić information content (AvgIpc) is 3.62. The van der Waals surface area contributed by atoms with Crippen LogP contribution < -0.4 is 0 Å². The van der Waals surface area contributed by atoms with E-state index in [2.05, 4.69) is 197 Å². The van der Waals surface area contributed by atoms with Gasteiger partial charge in [-0.2, -0.15) is 0 Å². The predicted molar refractivity (Wildman–Crippen MR) is 233 cm³/mol. The van der Waals surface area contributed by atoms with Gasteiger partial charge in [0.15, 0.2) is 0 Å². The van der Waals surface area contributed by atoms with E-state index in [1.54, 1.807) is 0 Å². The summed E-state index contributed by atoms with van der Waals surface area (Å²) < 4.78 is 0. The van der Waals surface area contributed by atoms with Gasteiger partial charge in [-0.15, -0.1) is 11.1 Å². The number of hydrogen-bond acceptors (Lipinski definition) is 0. The zero-order chi connectivity index (χ0) is 36.8. The maximum atomic E-state index is 4.15. The van der Waals surface area contributed by atoms with Crippen molar-refractivity contribution in [2.45, 2.75) is 122 Å². The van der Waals surface area contributed by atoms with Crippen LogP contribution in [0.4, 0.5) is 0 Å². The molecule has 0 saturated carbocycles. The van der Waals surface area contributed by atoms with Crippen molar-refractivity contribution in [2.24, 2.45) is 0 Å². The number of hydrogen-bond donors (Lipinski definition) is 0. The van der Waals surface area contributed by atoms with E-state index in [-0.39, 0.29) is 0 Å². The van der Waals surface area contributed by atoms with E-state index in [1.807, 2.05) is 0 Å². The molecule has 0 atom stereocenters. The van der Waals surface area contributed by atoms with E-state index in [1.165, 1.54) is 59.8 Å². The zero-order valence-electron chi connectivity index (χ0n) is 33.2. The first-order valence-electron chi connectivity index (χ1n) is 19.5. The topological polar surface area (TPSA) is 0 Å². The van der Waals surface area contributed by atoms with E-state index in [0.29, 0.717) is 39.2 Å². The third kappa shape index (κ3) is 6.34. The van der Waals surface area contributed by atoms with E-state index in [9.17, 15) is 0 Å². The molecule has 0 amide bonds. The first-order chi connectivity index (χ1) is 24.2. The number of benzene rings is 5. The van der Waals surface area contributed by atoms with Crippen molar-refractivity contribution in [3.8, 4) is 22.9 Å². The van der Waals surface area contributed by atoms with Gasteiger partial charge in [-0.1, -0.05) is 162 Å². The van der Waals surface area contributed by atoms with Gasteiger partial charge in [0.25, 0.3) is 0 Å². The van der Waals surface area contributed by atoms with Crippen LogP contribution in [0, 0.1) is 22.9 Å². The van der Waals surface area contributed by atoms with Gasteiger partial charge in [-0.3, -0.25) is 0 Å². The maximum Gasteiger partial charge on any atom is 0.146 e. The maximum absolute atomic E-state index is 4.15. The number of rotatable bonds is 7. The van der Waals surface area contributed by atoms with Gasteiger partial charge in [-0.25, -0.2) is 0 Å². The lowest BCUT2D eigenvalue weighted by atomic mass is 9.88. The SMILES string of the molecule is CC(C)[Si](C#Cc1c2cc3ccccc3cc2c(C#C[Si](C(C)C)(C(C)C)C(C)C)c2cc3cc(C4C=CC=C4)ccc3cc12)(C(C)C)C(C)C. The Bertz CT molecular complexity index is 2250. The van der Waals surface area contributed by atoms with Crippen LogP contribution in [0.1, 0.15) is 106 Å². The third-order valence-corrected chi connectivity index (χ3v) is 25.2. The third-order valence-electron chi connectivity index (χ3n) is 12.6. The lowest BCUT2D eigenvalue weighted by Gasteiger charge is -2.38. The van der Waals surface area contributed by atoms with Crippen molar-refractivity contribution in [3.63, 3.8) is 0 Å². The molecule has 51 heavy (non-hydrogen) atoms. The van der Waals surface area contributed by atoms with E-state index < -0.39 is 16.1 Å². The normalized spacial score (nSPS) is 14.0. The Balaban J connectivity index is 1.81. The quantitative estimate of drug-likeness (QED) is 0.0900. The molecule has 0 saturated heterocycles. The summed E-state index contributed by atoms with van der Waals surface area (Å²) in [6.07, 6.45) is 8.89. The highest BCUT2D eigenvalue weighted by atomic mass is 28.3. The van der Waals surface area contributed by atoms with Gasteiger partial charge in [0.2, 0.25) is 0 Å². The van der Waals surface area contributed by atoms with E-state index >= 15 is 0 Å². The summed E-state index contributed by atoms with van der Waals surface area (Å²) in [7, 11) is -4.01. The fourth-order valence-corrected chi connectivity index (χ4v) is 20.4. The summed E-state index contributed by atoms with van der Waals surface area (Å²) >= 11 is 0. The minimum atomic E-state index is -2.01. The van der Waals surface area contributed by atoms with Crippen LogP contribution in [-0.2, 0) is 0 Å². The Hall–Kier alpha value is -3.83. The van der Waals surface area contributed by atoms with Crippen LogP contribution >= 0.6 is 0 Å². The molecule has 0 fully saturated rings. The van der Waals surface area contributed by atoms with Crippen LogP contribution in [0.5, 0.6) is 0 Å². The van der Waals surface area contributed by atoms with Crippen molar-refractivity contribution < 1.29 is 0 Å². The molecule has 0 aromatic heterocycles. The molecule has 5 aromatic rings. The Morgan fingerprint density at radius 2 is 0.784 bits per heavy atom. The Morgan fingerprint density at radius 3 is 1.16 bits per heavy atom. The molecule has 1 aliphatic rings. The highest BCUT2D eigenvalue weighted by molar-refractivity contribution is 6.91. The predicted octanol–water partition coefficient (Wildman–Crippen LogP) is 14.6. The molecule has 0 heterocycles. The first kappa shape index (κ1) is 36.9. The molecule has 0 bridgehead atoms. The van der Waals surface area contributed by atoms with Gasteiger partial charge in [0.1, 0.15) is 16.1 Å². The minimum Gasteiger partial charge on any atom is -0.125 e. The molecular formula is C49H58Si2. The van der Waals surface area contributed by atoms with Crippen LogP contribution in [0.15, 0.2) is 91.0 Å². The smallest absolute Gasteiger partial charge is 0.125 e. The van der Waals surface area contributed by atoms with Crippen molar-refractivity contribution in [1.29, 1.82) is 0 Å². The Morgan fingerprint density at radius 1 is 0.431 bits per heavy atom. The fraction of sp³-hybridized carbons (Fsp3) is 0.388. The molecule has 0 spiro atoms. The molecule has 0 aliphatic heterocycles. The van der Waals surface area contributed by atoms with Gasteiger partial charge in [0, 0.05) is 17.0 Å². The molecule has 6 rings (SSSR count). The highest BCUT2D eigenvalue weighted by Gasteiger charge is 2.43. The second kappa shape index (κ2) is 14.3. The van der Waals surface area contributed by atoms with Crippen LogP contribution in [-0.4, -0.2) is 16.1 Å². The monoisotopic (exact) mass is 702 g/mol. The van der Waals surface area contributed by atoms with Gasteiger partial charge >= 0.3 is 0 Å². The van der Waals surface area contributed by atoms with E-state index in [4.69, 9.17) is 0 Å². The second-order valence-corrected chi connectivity index (χ2v) is 28.2. The van der Waals surface area contributed by atoms with E-state index in [0.717, 1.165) is 0 Å². The molecular weight excluding hydrogens is 645 g/mol. The molecule has 0 unspecified atom stereocenters. The van der Waals surface area contributed by atoms with Crippen LogP contribution in [0.3, 0.4) is 0 Å². The van der Waals surface area contributed by atoms with Gasteiger partial charge in [-0.05, 0) is 106 Å². The first-order valence-corrected chi connectivity index (χ1v) is 24.0. The summed E-state index contributed by atoms with van der Waals surface area (Å²) in [6.45, 7) is 29.0. The second-order valence-electron chi connectivity index (χ2n) is 17.1. The molecule has 2 heteroatoms. The molecule has 0 N–H and O–H groups in total. The van der Waals surface area contributed by atoms with Crippen LogP contribution in [0.25, 0.3) is 43.1 Å². The van der Waals surface area contributed by atoms with Crippen molar-refractivity contribution >= 4 is 59.2 Å². The van der Waals surface area contributed by atoms with Crippen LogP contribution in [0.2, 0.25) is 33.2 Å². The summed E-state index contributed by atoms with van der Waals surface area (Å²) in [5.74, 6) is 8.35. The highest BCUT2D eigenvalue weighted by Crippen LogP contribution is 2.44. The van der Waals surface area contributed by atoms with Gasteiger partial charge in [0.05, 0.1) is 0 Å². The molecule has 1 aliphatic carbocycles. The standard InChI is InChI=1S/C49H58Si2/c1-32(2)50(33(3)4,34(5)6)25-23-44-46-28-39-19-15-16-20-40(39)29-47(46)45(24-26-51(35(7)8,36(9)10)37(11)12)49-31-43-27-41(38-17-13-14-18-38)21-22-42(43)30-48(44)49/h13-22,27-38H,1-12H3. The van der Waals surface area contributed by atoms with Gasteiger partial charge < -0.3 is 0 Å². The lowest BCUT2D eigenvalue weighted by Crippen LogP contribution is -2.43. The minimum absolute atomic E-state index is 0.324. The largest absolute Gasteiger partial charge is 0.146 e. The van der Waals surface area contributed by atoms with Crippen molar-refractivity contribution in [2.75, 3.05) is 0 Å². The molecule has 0 nitrogen and oxygen atoms in total. The fourth-order valence-electron chi connectivity index (χ4n) is 10.0. The van der Waals surface area contributed by atoms with Crippen molar-refractivity contribution in [1.82, 2.24) is 0 Å². The molecule has 5 aromatic carbocycles. The number of allylic oxidation sites excluding steroid dienone is 4. The Labute approximate surface area is 310 Å². The number of fused-ring (bicyclic) bond motifs is 4. The average molecular weight is 703 g/mol. The molecule has 0 radical (unpaired) electrons. The summed E-state index contributed by atoms with van der Waals surface area (Å²) in [4.78, 5) is 0. The zero-order valence-corrected chi connectivity index (χ0v) is 35.2. The van der Waals surface area contributed by atoms with Crippen molar-refractivity contribution in [3.05, 3.63) is 108 Å². The molecule has 262 valence electrons.